The van der Waals surface area contributed by atoms with Crippen molar-refractivity contribution in [3.63, 3.8) is 0 Å². The monoisotopic (exact) mass is 425 g/mol. The van der Waals surface area contributed by atoms with Gasteiger partial charge in [0.25, 0.3) is 0 Å². The van der Waals surface area contributed by atoms with Crippen molar-refractivity contribution >= 4 is 19.9 Å². The lowest BCUT2D eigenvalue weighted by atomic mass is 9.81. The molecular formula is C19H23NO6S2. The third kappa shape index (κ3) is 4.65. The predicted octanol–water partition coefficient (Wildman–Crippen LogP) is 2.51. The summed E-state index contributed by atoms with van der Waals surface area (Å²) in [5, 5.41) is 19.4. The van der Waals surface area contributed by atoms with E-state index >= 15 is 0 Å². The van der Waals surface area contributed by atoms with E-state index in [2.05, 4.69) is 4.72 Å². The summed E-state index contributed by atoms with van der Waals surface area (Å²) in [4.78, 5) is 0.0962. The highest BCUT2D eigenvalue weighted by Gasteiger charge is 2.27. The molecule has 0 bridgehead atoms. The Bertz CT molecular complexity index is 1050. The van der Waals surface area contributed by atoms with Crippen LogP contribution in [0.15, 0.2) is 52.3 Å². The van der Waals surface area contributed by atoms with Crippen LogP contribution in [0.1, 0.15) is 37.2 Å². The maximum Gasteiger partial charge on any atom is 0.240 e. The normalized spacial score (nSPS) is 20.8. The van der Waals surface area contributed by atoms with E-state index in [1.807, 2.05) is 0 Å². The fourth-order valence-electron chi connectivity index (χ4n) is 3.55. The highest BCUT2D eigenvalue weighted by molar-refractivity contribution is 7.90. The van der Waals surface area contributed by atoms with Gasteiger partial charge in [-0.05, 0) is 67.5 Å². The number of aromatic hydroxyl groups is 2. The summed E-state index contributed by atoms with van der Waals surface area (Å²) in [5.74, 6) is 0.162. The Morgan fingerprint density at radius 1 is 0.857 bits per heavy atom. The molecule has 1 aliphatic rings. The molecule has 0 saturated heterocycles. The Morgan fingerprint density at radius 2 is 1.43 bits per heavy atom. The number of rotatable bonds is 5. The van der Waals surface area contributed by atoms with Crippen molar-refractivity contribution in [2.24, 2.45) is 0 Å². The number of nitrogens with one attached hydrogen (secondary N) is 1. The van der Waals surface area contributed by atoms with Crippen LogP contribution in [0, 0.1) is 0 Å². The van der Waals surface area contributed by atoms with Gasteiger partial charge < -0.3 is 10.2 Å². The van der Waals surface area contributed by atoms with Gasteiger partial charge in [0.05, 0.1) is 9.79 Å². The Morgan fingerprint density at radius 3 is 1.96 bits per heavy atom. The van der Waals surface area contributed by atoms with Crippen molar-refractivity contribution in [1.29, 1.82) is 0 Å². The molecule has 1 fully saturated rings. The third-order valence-electron chi connectivity index (χ3n) is 5.07. The number of phenolic OH excluding ortho intramolecular Hbond substituents is 2. The molecule has 0 unspecified atom stereocenters. The molecular weight excluding hydrogens is 402 g/mol. The average molecular weight is 426 g/mol. The van der Waals surface area contributed by atoms with Gasteiger partial charge in [-0.25, -0.2) is 21.6 Å². The SMILES string of the molecule is CS(=O)(=O)c1ccc(S(=O)(=O)NC2CCC(c3ccc(O)cc3O)CC2)cc1. The van der Waals surface area contributed by atoms with E-state index in [1.54, 1.807) is 6.07 Å². The molecule has 9 heteroatoms. The van der Waals surface area contributed by atoms with Crippen LogP contribution in [0.3, 0.4) is 0 Å². The second-order valence-corrected chi connectivity index (χ2v) is 10.9. The van der Waals surface area contributed by atoms with Crippen molar-refractivity contribution in [2.45, 2.75) is 47.4 Å². The first-order valence-corrected chi connectivity index (χ1v) is 12.3. The first-order valence-electron chi connectivity index (χ1n) is 8.90. The summed E-state index contributed by atoms with van der Waals surface area (Å²) in [6.07, 6.45) is 3.72. The molecule has 0 aromatic heterocycles. The van der Waals surface area contributed by atoms with Gasteiger partial charge in [0.15, 0.2) is 9.84 Å². The fraction of sp³-hybridized carbons (Fsp3) is 0.368. The molecule has 0 heterocycles. The van der Waals surface area contributed by atoms with E-state index in [0.29, 0.717) is 25.7 Å². The highest BCUT2D eigenvalue weighted by Crippen LogP contribution is 2.38. The Labute approximate surface area is 165 Å². The molecule has 0 aliphatic heterocycles. The number of benzene rings is 2. The van der Waals surface area contributed by atoms with Crippen LogP contribution in [0.5, 0.6) is 11.5 Å². The van der Waals surface area contributed by atoms with Gasteiger partial charge in [0.1, 0.15) is 11.5 Å². The molecule has 2 aromatic carbocycles. The number of sulfone groups is 1. The van der Waals surface area contributed by atoms with Crippen molar-refractivity contribution in [2.75, 3.05) is 6.26 Å². The minimum atomic E-state index is -3.75. The summed E-state index contributed by atoms with van der Waals surface area (Å²) in [6, 6.07) is 9.47. The Kier molecular flexibility index (Phi) is 5.69. The Balaban J connectivity index is 1.65. The van der Waals surface area contributed by atoms with E-state index in [4.69, 9.17) is 0 Å². The fourth-order valence-corrected chi connectivity index (χ4v) is 5.49. The third-order valence-corrected chi connectivity index (χ3v) is 7.73. The van der Waals surface area contributed by atoms with Gasteiger partial charge >= 0.3 is 0 Å². The number of hydrogen-bond donors (Lipinski definition) is 3. The zero-order chi connectivity index (χ0) is 20.5. The largest absolute Gasteiger partial charge is 0.508 e. The summed E-state index contributed by atoms with van der Waals surface area (Å²) < 4.78 is 50.8. The predicted molar refractivity (Wildman–Crippen MR) is 105 cm³/mol. The molecule has 0 amide bonds. The van der Waals surface area contributed by atoms with E-state index in [0.717, 1.165) is 11.8 Å². The summed E-state index contributed by atoms with van der Waals surface area (Å²) in [5.41, 5.74) is 0.760. The van der Waals surface area contributed by atoms with Gasteiger partial charge in [0.2, 0.25) is 10.0 Å². The van der Waals surface area contributed by atoms with Crippen LogP contribution in [0.4, 0.5) is 0 Å². The van der Waals surface area contributed by atoms with Crippen molar-refractivity contribution in [3.8, 4) is 11.5 Å². The first kappa shape index (κ1) is 20.6. The van der Waals surface area contributed by atoms with Gasteiger partial charge in [-0.2, -0.15) is 0 Å². The van der Waals surface area contributed by atoms with Gasteiger partial charge in [-0.15, -0.1) is 0 Å². The van der Waals surface area contributed by atoms with E-state index in [-0.39, 0.29) is 33.2 Å². The second kappa shape index (κ2) is 7.73. The zero-order valence-corrected chi connectivity index (χ0v) is 17.0. The molecule has 28 heavy (non-hydrogen) atoms. The average Bonchev–Trinajstić information content (AvgIpc) is 2.62. The lowest BCUT2D eigenvalue weighted by molar-refractivity contribution is 0.362. The van der Waals surface area contributed by atoms with Gasteiger partial charge in [0, 0.05) is 18.4 Å². The lowest BCUT2D eigenvalue weighted by Crippen LogP contribution is -2.37. The van der Waals surface area contributed by atoms with Crippen LogP contribution in [-0.2, 0) is 19.9 Å². The van der Waals surface area contributed by atoms with Crippen LogP contribution >= 0.6 is 0 Å². The summed E-state index contributed by atoms with van der Waals surface area (Å²) in [7, 11) is -7.13. The summed E-state index contributed by atoms with van der Waals surface area (Å²) >= 11 is 0. The molecule has 7 nitrogen and oxygen atoms in total. The van der Waals surface area contributed by atoms with Crippen molar-refractivity contribution in [1.82, 2.24) is 4.72 Å². The maximum absolute atomic E-state index is 12.6. The van der Waals surface area contributed by atoms with Crippen molar-refractivity contribution in [3.05, 3.63) is 48.0 Å². The Hall–Kier alpha value is -2.10. The van der Waals surface area contributed by atoms with Gasteiger partial charge in [-0.1, -0.05) is 6.07 Å². The minimum Gasteiger partial charge on any atom is -0.508 e. The van der Waals surface area contributed by atoms with Crippen molar-refractivity contribution < 1.29 is 27.0 Å². The van der Waals surface area contributed by atoms with E-state index < -0.39 is 19.9 Å². The maximum atomic E-state index is 12.6. The molecule has 1 saturated carbocycles. The van der Waals surface area contributed by atoms with Crippen LogP contribution in [0.25, 0.3) is 0 Å². The molecule has 0 spiro atoms. The van der Waals surface area contributed by atoms with Gasteiger partial charge in [-0.3, -0.25) is 0 Å². The number of sulfonamides is 1. The van der Waals surface area contributed by atoms with Crippen LogP contribution < -0.4 is 4.72 Å². The smallest absolute Gasteiger partial charge is 0.240 e. The lowest BCUT2D eigenvalue weighted by Gasteiger charge is -2.29. The topological polar surface area (TPSA) is 121 Å². The van der Waals surface area contributed by atoms with Crippen LogP contribution in [0.2, 0.25) is 0 Å². The quantitative estimate of drug-likeness (QED) is 0.677. The molecule has 1 aliphatic carbocycles. The molecule has 0 radical (unpaired) electrons. The highest BCUT2D eigenvalue weighted by atomic mass is 32.2. The first-order chi connectivity index (χ1) is 13.1. The number of phenols is 2. The minimum absolute atomic E-state index is 0.00425. The number of hydrogen-bond acceptors (Lipinski definition) is 6. The molecule has 0 atom stereocenters. The summed E-state index contributed by atoms with van der Waals surface area (Å²) in [6.45, 7) is 0. The van der Waals surface area contributed by atoms with E-state index in [1.165, 1.54) is 36.4 Å². The molecule has 152 valence electrons. The molecule has 2 aromatic rings. The standard InChI is InChI=1S/C19H23NO6S2/c1-27(23,24)16-7-9-17(10-8-16)28(25,26)20-14-4-2-13(3-5-14)18-11-6-15(21)12-19(18)22/h6-14,20-22H,2-5H2,1H3. The molecule has 3 N–H and O–H groups in total. The van der Waals surface area contributed by atoms with Crippen LogP contribution in [-0.4, -0.2) is 39.3 Å². The van der Waals surface area contributed by atoms with E-state index in [9.17, 15) is 27.0 Å². The molecule has 3 rings (SSSR count). The second-order valence-electron chi connectivity index (χ2n) is 7.16. The zero-order valence-electron chi connectivity index (χ0n) is 15.4.